The van der Waals surface area contributed by atoms with Crippen LogP contribution in [0.3, 0.4) is 0 Å². The fourth-order valence-corrected chi connectivity index (χ4v) is 2.28. The summed E-state index contributed by atoms with van der Waals surface area (Å²) < 4.78 is 35.6. The van der Waals surface area contributed by atoms with E-state index in [0.717, 1.165) is 13.0 Å². The SMILES string of the molecule is CCCCCCCCCCCCNCCCC(F)(F)F. The number of alkyl halides is 3. The molecule has 0 aliphatic heterocycles. The van der Waals surface area contributed by atoms with Crippen molar-refractivity contribution in [1.29, 1.82) is 0 Å². The van der Waals surface area contributed by atoms with Gasteiger partial charge in [0.1, 0.15) is 0 Å². The van der Waals surface area contributed by atoms with Gasteiger partial charge in [-0.25, -0.2) is 0 Å². The molecule has 0 heterocycles. The van der Waals surface area contributed by atoms with Gasteiger partial charge in [-0.1, -0.05) is 64.7 Å². The Kier molecular flexibility index (Phi) is 13.5. The molecule has 0 aliphatic carbocycles. The summed E-state index contributed by atoms with van der Waals surface area (Å²) in [6.07, 6.45) is 8.47. The molecule has 4 heteroatoms. The molecule has 0 radical (unpaired) electrons. The highest BCUT2D eigenvalue weighted by Crippen LogP contribution is 2.20. The molecular weight excluding hydrogens is 263 g/mol. The third kappa shape index (κ3) is 17.8. The van der Waals surface area contributed by atoms with Crippen molar-refractivity contribution >= 4 is 0 Å². The Balaban J connectivity index is 2.99. The van der Waals surface area contributed by atoms with Gasteiger partial charge < -0.3 is 5.32 Å². The first-order valence-corrected chi connectivity index (χ1v) is 8.33. The highest BCUT2D eigenvalue weighted by molar-refractivity contribution is 4.55. The van der Waals surface area contributed by atoms with Gasteiger partial charge in [0.15, 0.2) is 0 Å². The Morgan fingerprint density at radius 1 is 0.650 bits per heavy atom. The number of unbranched alkanes of at least 4 members (excludes halogenated alkanes) is 9. The van der Waals surface area contributed by atoms with Gasteiger partial charge >= 0.3 is 6.18 Å². The van der Waals surface area contributed by atoms with Crippen LogP contribution in [0, 0.1) is 0 Å². The molecule has 1 N–H and O–H groups in total. The van der Waals surface area contributed by atoms with Crippen molar-refractivity contribution in [3.05, 3.63) is 0 Å². The molecule has 0 saturated heterocycles. The van der Waals surface area contributed by atoms with E-state index in [1.807, 2.05) is 0 Å². The summed E-state index contributed by atoms with van der Waals surface area (Å²) in [7, 11) is 0. The van der Waals surface area contributed by atoms with Crippen LogP contribution in [0.5, 0.6) is 0 Å². The summed E-state index contributed by atoms with van der Waals surface area (Å²) in [6.45, 7) is 3.57. The van der Waals surface area contributed by atoms with E-state index < -0.39 is 12.6 Å². The summed E-state index contributed by atoms with van der Waals surface area (Å²) in [5.41, 5.74) is 0. The first-order valence-electron chi connectivity index (χ1n) is 8.33. The lowest BCUT2D eigenvalue weighted by Crippen LogP contribution is -2.19. The lowest BCUT2D eigenvalue weighted by molar-refractivity contribution is -0.135. The van der Waals surface area contributed by atoms with Crippen LogP contribution in [0.25, 0.3) is 0 Å². The Labute approximate surface area is 122 Å². The third-order valence-electron chi connectivity index (χ3n) is 3.52. The van der Waals surface area contributed by atoms with E-state index in [-0.39, 0.29) is 6.42 Å². The maximum absolute atomic E-state index is 11.9. The summed E-state index contributed by atoms with van der Waals surface area (Å²) in [5, 5.41) is 3.08. The molecule has 0 aromatic heterocycles. The molecule has 0 fully saturated rings. The molecule has 0 aliphatic rings. The molecule has 0 rings (SSSR count). The van der Waals surface area contributed by atoms with E-state index in [1.54, 1.807) is 0 Å². The van der Waals surface area contributed by atoms with Gasteiger partial charge in [0.2, 0.25) is 0 Å². The Bertz CT molecular complexity index is 193. The van der Waals surface area contributed by atoms with Crippen molar-refractivity contribution in [2.45, 2.75) is 90.1 Å². The topological polar surface area (TPSA) is 12.0 Å². The zero-order valence-corrected chi connectivity index (χ0v) is 13.0. The van der Waals surface area contributed by atoms with Crippen LogP contribution in [-0.2, 0) is 0 Å². The van der Waals surface area contributed by atoms with Gasteiger partial charge in [0, 0.05) is 6.42 Å². The monoisotopic (exact) mass is 295 g/mol. The van der Waals surface area contributed by atoms with E-state index in [9.17, 15) is 13.2 Å². The molecular formula is C16H32F3N. The maximum Gasteiger partial charge on any atom is 0.389 e. The third-order valence-corrected chi connectivity index (χ3v) is 3.52. The van der Waals surface area contributed by atoms with Gasteiger partial charge in [-0.05, 0) is 25.9 Å². The van der Waals surface area contributed by atoms with Gasteiger partial charge in [-0.3, -0.25) is 0 Å². The zero-order valence-electron chi connectivity index (χ0n) is 13.0. The highest BCUT2D eigenvalue weighted by atomic mass is 19.4. The standard InChI is InChI=1S/C16H32F3N/c1-2-3-4-5-6-7-8-9-10-11-14-20-15-12-13-16(17,18)19/h20H,2-15H2,1H3. The molecule has 0 bridgehead atoms. The van der Waals surface area contributed by atoms with E-state index in [1.165, 1.54) is 57.8 Å². The van der Waals surface area contributed by atoms with Crippen LogP contribution in [0.2, 0.25) is 0 Å². The fourth-order valence-electron chi connectivity index (χ4n) is 2.28. The van der Waals surface area contributed by atoms with Gasteiger partial charge in [-0.2, -0.15) is 13.2 Å². The molecule has 0 amide bonds. The minimum Gasteiger partial charge on any atom is -0.317 e. The summed E-state index contributed by atoms with van der Waals surface area (Å²) in [6, 6.07) is 0. The molecule has 20 heavy (non-hydrogen) atoms. The van der Waals surface area contributed by atoms with Crippen molar-refractivity contribution in [2.24, 2.45) is 0 Å². The normalized spacial score (nSPS) is 12.0. The minimum atomic E-state index is -4.00. The predicted molar refractivity (Wildman–Crippen MR) is 80.0 cm³/mol. The highest BCUT2D eigenvalue weighted by Gasteiger charge is 2.25. The molecule has 0 aromatic rings. The smallest absolute Gasteiger partial charge is 0.317 e. The molecule has 0 atom stereocenters. The van der Waals surface area contributed by atoms with Gasteiger partial charge in [0.25, 0.3) is 0 Å². The van der Waals surface area contributed by atoms with Crippen LogP contribution in [0.1, 0.15) is 84.0 Å². The van der Waals surface area contributed by atoms with Crippen LogP contribution in [0.4, 0.5) is 13.2 Å². The van der Waals surface area contributed by atoms with Crippen LogP contribution >= 0.6 is 0 Å². The van der Waals surface area contributed by atoms with E-state index in [0.29, 0.717) is 6.54 Å². The van der Waals surface area contributed by atoms with Crippen LogP contribution < -0.4 is 5.32 Å². The van der Waals surface area contributed by atoms with Gasteiger partial charge in [-0.15, -0.1) is 0 Å². The van der Waals surface area contributed by atoms with Crippen molar-refractivity contribution in [2.75, 3.05) is 13.1 Å². The molecule has 1 nitrogen and oxygen atoms in total. The summed E-state index contributed by atoms with van der Waals surface area (Å²) >= 11 is 0. The number of hydrogen-bond acceptors (Lipinski definition) is 1. The lowest BCUT2D eigenvalue weighted by Gasteiger charge is -2.07. The van der Waals surface area contributed by atoms with Crippen molar-refractivity contribution in [1.82, 2.24) is 5.32 Å². The first kappa shape index (κ1) is 19.8. The summed E-state index contributed by atoms with van der Waals surface area (Å²) in [4.78, 5) is 0. The van der Waals surface area contributed by atoms with Crippen LogP contribution in [-0.4, -0.2) is 19.3 Å². The molecule has 122 valence electrons. The predicted octanol–water partition coefficient (Wildman–Crippen LogP) is 5.84. The largest absolute Gasteiger partial charge is 0.389 e. The number of halogens is 3. The molecule has 0 spiro atoms. The van der Waals surface area contributed by atoms with E-state index in [4.69, 9.17) is 0 Å². The quantitative estimate of drug-likeness (QED) is 0.397. The molecule has 0 saturated carbocycles. The van der Waals surface area contributed by atoms with E-state index in [2.05, 4.69) is 12.2 Å². The number of nitrogens with one attached hydrogen (secondary N) is 1. The molecule has 0 aromatic carbocycles. The Hall–Kier alpha value is -0.250. The molecule has 0 unspecified atom stereocenters. The average molecular weight is 295 g/mol. The van der Waals surface area contributed by atoms with Crippen molar-refractivity contribution < 1.29 is 13.2 Å². The number of rotatable bonds is 14. The van der Waals surface area contributed by atoms with Gasteiger partial charge in [0.05, 0.1) is 0 Å². The average Bonchev–Trinajstić information content (AvgIpc) is 2.38. The van der Waals surface area contributed by atoms with Crippen LogP contribution in [0.15, 0.2) is 0 Å². The fraction of sp³-hybridized carbons (Fsp3) is 1.00. The number of hydrogen-bond donors (Lipinski definition) is 1. The van der Waals surface area contributed by atoms with Crippen molar-refractivity contribution in [3.8, 4) is 0 Å². The Morgan fingerprint density at radius 3 is 1.60 bits per heavy atom. The second kappa shape index (κ2) is 13.7. The van der Waals surface area contributed by atoms with Crippen molar-refractivity contribution in [3.63, 3.8) is 0 Å². The maximum atomic E-state index is 11.9. The second-order valence-electron chi connectivity index (χ2n) is 5.65. The summed E-state index contributed by atoms with van der Waals surface area (Å²) in [5.74, 6) is 0. The Morgan fingerprint density at radius 2 is 1.10 bits per heavy atom. The first-order chi connectivity index (χ1) is 9.56. The minimum absolute atomic E-state index is 0.196. The van der Waals surface area contributed by atoms with E-state index >= 15 is 0 Å². The zero-order chi connectivity index (χ0) is 15.1. The lowest BCUT2D eigenvalue weighted by atomic mass is 10.1. The second-order valence-corrected chi connectivity index (χ2v) is 5.65.